The summed E-state index contributed by atoms with van der Waals surface area (Å²) >= 11 is 5.91. The van der Waals surface area contributed by atoms with Crippen molar-refractivity contribution in [3.8, 4) is 0 Å². The van der Waals surface area contributed by atoms with Gasteiger partial charge in [0.25, 0.3) is 5.91 Å². The molecule has 1 heterocycles. The summed E-state index contributed by atoms with van der Waals surface area (Å²) in [6, 6.07) is 0. The molecule has 0 bridgehead atoms. The number of carbonyl (C=O) groups excluding carboxylic acids is 1. The molecule has 1 N–H and O–H groups in total. The number of amides is 1. The van der Waals surface area contributed by atoms with Gasteiger partial charge >= 0.3 is 0 Å². The van der Waals surface area contributed by atoms with E-state index in [4.69, 9.17) is 16.3 Å². The average Bonchev–Trinajstić information content (AvgIpc) is 2.30. The highest BCUT2D eigenvalue weighted by Gasteiger charge is 2.07. The fourth-order valence-electron chi connectivity index (χ4n) is 1.12. The number of hydrogen-bond donors (Lipinski definition) is 1. The van der Waals surface area contributed by atoms with Crippen molar-refractivity contribution in [3.05, 3.63) is 24.3 Å². The molecule has 0 aliphatic rings. The molecule has 1 unspecified atom stereocenters. The van der Waals surface area contributed by atoms with Crippen molar-refractivity contribution < 1.29 is 9.53 Å². The molecule has 0 saturated heterocycles. The van der Waals surface area contributed by atoms with Gasteiger partial charge in [0.15, 0.2) is 0 Å². The number of hydrogen-bond acceptors (Lipinski definition) is 4. The minimum Gasteiger partial charge on any atom is -0.383 e. The molecule has 0 saturated carbocycles. The minimum absolute atomic E-state index is 0.0858. The van der Waals surface area contributed by atoms with Crippen LogP contribution in [0.2, 0.25) is 0 Å². The summed E-state index contributed by atoms with van der Waals surface area (Å²) in [6.07, 6.45) is 4.98. The number of halogens is 1. The van der Waals surface area contributed by atoms with Gasteiger partial charge in [-0.1, -0.05) is 0 Å². The Bertz CT molecular complexity index is 321. The van der Waals surface area contributed by atoms with Gasteiger partial charge in [-0.3, -0.25) is 4.79 Å². The third-order valence-corrected chi connectivity index (χ3v) is 2.26. The summed E-state index contributed by atoms with van der Waals surface area (Å²) < 4.78 is 4.88. The van der Waals surface area contributed by atoms with Crippen LogP contribution in [0.5, 0.6) is 0 Å². The zero-order valence-electron chi connectivity index (χ0n) is 9.02. The lowest BCUT2D eigenvalue weighted by Crippen LogP contribution is -2.27. The number of nitrogens with zero attached hydrogens (tertiary/aromatic N) is 2. The first-order valence-electron chi connectivity index (χ1n) is 4.90. The van der Waals surface area contributed by atoms with E-state index in [1.54, 1.807) is 7.11 Å². The maximum Gasteiger partial charge on any atom is 0.254 e. The number of aromatic nitrogens is 2. The summed E-state index contributed by atoms with van der Waals surface area (Å²) in [4.78, 5) is 19.0. The first kappa shape index (κ1) is 12.9. The van der Waals surface area contributed by atoms with Crippen molar-refractivity contribution in [2.75, 3.05) is 20.3 Å². The molecule has 5 nitrogen and oxygen atoms in total. The molecule has 0 aliphatic heterocycles. The van der Waals surface area contributed by atoms with Crippen LogP contribution in [0.4, 0.5) is 0 Å². The third kappa shape index (κ3) is 4.55. The van der Waals surface area contributed by atoms with Gasteiger partial charge in [-0.05, 0) is 6.42 Å². The number of carbonyl (C=O) groups is 1. The SMILES string of the molecule is COCC(Cl)CCNC(=O)c1cncnc1. The minimum atomic E-state index is -0.193. The van der Waals surface area contributed by atoms with Crippen molar-refractivity contribution in [2.45, 2.75) is 11.8 Å². The Morgan fingerprint density at radius 1 is 1.56 bits per heavy atom. The van der Waals surface area contributed by atoms with Crippen molar-refractivity contribution in [1.82, 2.24) is 15.3 Å². The van der Waals surface area contributed by atoms with Crippen LogP contribution in [0.25, 0.3) is 0 Å². The van der Waals surface area contributed by atoms with E-state index in [0.717, 1.165) is 0 Å². The molecule has 0 fully saturated rings. The molecule has 0 aliphatic carbocycles. The molecule has 1 rings (SSSR count). The Labute approximate surface area is 99.2 Å². The van der Waals surface area contributed by atoms with Crippen LogP contribution in [-0.2, 0) is 4.74 Å². The van der Waals surface area contributed by atoms with E-state index in [1.165, 1.54) is 18.7 Å². The molecule has 6 heteroatoms. The summed E-state index contributed by atoms with van der Waals surface area (Å²) in [7, 11) is 1.59. The lowest BCUT2D eigenvalue weighted by atomic mass is 10.3. The number of rotatable bonds is 6. The molecule has 16 heavy (non-hydrogen) atoms. The van der Waals surface area contributed by atoms with Crippen molar-refractivity contribution >= 4 is 17.5 Å². The summed E-state index contributed by atoms with van der Waals surface area (Å²) in [6.45, 7) is 0.983. The Kier molecular flexibility index (Phi) is 5.74. The van der Waals surface area contributed by atoms with Gasteiger partial charge in [-0.25, -0.2) is 9.97 Å². The first-order chi connectivity index (χ1) is 7.74. The number of alkyl halides is 1. The normalized spacial score (nSPS) is 12.1. The van der Waals surface area contributed by atoms with Gasteiger partial charge in [0.1, 0.15) is 6.33 Å². The van der Waals surface area contributed by atoms with E-state index < -0.39 is 0 Å². The summed E-state index contributed by atoms with van der Waals surface area (Å²) in [5.41, 5.74) is 0.445. The van der Waals surface area contributed by atoms with Crippen LogP contribution in [0.3, 0.4) is 0 Å². The fraction of sp³-hybridized carbons (Fsp3) is 0.500. The van der Waals surface area contributed by atoms with Crippen LogP contribution in [0, 0.1) is 0 Å². The lowest BCUT2D eigenvalue weighted by molar-refractivity contribution is 0.0951. The quantitative estimate of drug-likeness (QED) is 0.753. The second-order valence-corrected chi connectivity index (χ2v) is 3.84. The van der Waals surface area contributed by atoms with Crippen molar-refractivity contribution in [2.24, 2.45) is 0 Å². The van der Waals surface area contributed by atoms with Crippen molar-refractivity contribution in [1.29, 1.82) is 0 Å². The Morgan fingerprint density at radius 2 is 2.25 bits per heavy atom. The molecule has 0 spiro atoms. The highest BCUT2D eigenvalue weighted by molar-refractivity contribution is 6.20. The van der Waals surface area contributed by atoms with Gasteiger partial charge in [-0.2, -0.15) is 0 Å². The first-order valence-corrected chi connectivity index (χ1v) is 5.34. The van der Waals surface area contributed by atoms with Gasteiger partial charge in [0, 0.05) is 26.0 Å². The largest absolute Gasteiger partial charge is 0.383 e. The average molecular weight is 244 g/mol. The third-order valence-electron chi connectivity index (χ3n) is 1.91. The fourth-order valence-corrected chi connectivity index (χ4v) is 1.36. The molecule has 1 aromatic rings. The number of ether oxygens (including phenoxy) is 1. The molecule has 1 atom stereocenters. The molecular weight excluding hydrogens is 230 g/mol. The smallest absolute Gasteiger partial charge is 0.254 e. The maximum atomic E-state index is 11.5. The van der Waals surface area contributed by atoms with E-state index in [0.29, 0.717) is 25.1 Å². The molecule has 0 radical (unpaired) electrons. The molecular formula is C10H14ClN3O2. The number of nitrogens with one attached hydrogen (secondary N) is 1. The summed E-state index contributed by atoms with van der Waals surface area (Å²) in [5.74, 6) is -0.193. The maximum absolute atomic E-state index is 11.5. The second-order valence-electron chi connectivity index (χ2n) is 3.22. The Hall–Kier alpha value is -1.20. The van der Waals surface area contributed by atoms with E-state index in [-0.39, 0.29) is 11.3 Å². The van der Waals surface area contributed by atoms with Gasteiger partial charge < -0.3 is 10.1 Å². The molecule has 1 amide bonds. The van der Waals surface area contributed by atoms with E-state index in [9.17, 15) is 4.79 Å². The molecule has 0 aromatic carbocycles. The van der Waals surface area contributed by atoms with Crippen LogP contribution < -0.4 is 5.32 Å². The number of methoxy groups -OCH3 is 1. The predicted molar refractivity (Wildman–Crippen MR) is 60.5 cm³/mol. The van der Waals surface area contributed by atoms with E-state index >= 15 is 0 Å². The lowest BCUT2D eigenvalue weighted by Gasteiger charge is -2.08. The highest BCUT2D eigenvalue weighted by atomic mass is 35.5. The summed E-state index contributed by atoms with van der Waals surface area (Å²) in [5, 5.41) is 2.64. The zero-order chi connectivity index (χ0) is 11.8. The van der Waals surface area contributed by atoms with Crippen LogP contribution in [-0.4, -0.2) is 41.5 Å². The van der Waals surface area contributed by atoms with Crippen LogP contribution in [0.15, 0.2) is 18.7 Å². The molecule has 1 aromatic heterocycles. The van der Waals surface area contributed by atoms with Gasteiger partial charge in [-0.15, -0.1) is 11.6 Å². The van der Waals surface area contributed by atoms with Gasteiger partial charge in [0.05, 0.1) is 17.5 Å². The predicted octanol–water partition coefficient (Wildman–Crippen LogP) is 0.850. The van der Waals surface area contributed by atoms with E-state index in [2.05, 4.69) is 15.3 Å². The van der Waals surface area contributed by atoms with Gasteiger partial charge in [0.2, 0.25) is 0 Å². The monoisotopic (exact) mass is 243 g/mol. The Morgan fingerprint density at radius 3 is 2.88 bits per heavy atom. The zero-order valence-corrected chi connectivity index (χ0v) is 9.78. The standard InChI is InChI=1S/C10H14ClN3O2/c1-16-6-9(11)2-3-14-10(15)8-4-12-7-13-5-8/h4-5,7,9H,2-3,6H2,1H3,(H,14,15). The van der Waals surface area contributed by atoms with E-state index in [1.807, 2.05) is 0 Å². The van der Waals surface area contributed by atoms with Crippen LogP contribution >= 0.6 is 11.6 Å². The van der Waals surface area contributed by atoms with Crippen LogP contribution in [0.1, 0.15) is 16.8 Å². The Balaban J connectivity index is 2.26. The van der Waals surface area contributed by atoms with Crippen molar-refractivity contribution in [3.63, 3.8) is 0 Å². The second kappa shape index (κ2) is 7.14. The molecule has 88 valence electrons. The topological polar surface area (TPSA) is 64.1 Å². The highest BCUT2D eigenvalue weighted by Crippen LogP contribution is 2.01.